The number of hydrogen-bond acceptors (Lipinski definition) is 5. The molecule has 7 nitrogen and oxygen atoms in total. The fourth-order valence-electron chi connectivity index (χ4n) is 4.66. The van der Waals surface area contributed by atoms with Crippen molar-refractivity contribution in [2.45, 2.75) is 29.5 Å². The van der Waals surface area contributed by atoms with Gasteiger partial charge in [-0.25, -0.2) is 8.42 Å². The molecule has 0 aromatic heterocycles. The lowest BCUT2D eigenvalue weighted by molar-refractivity contribution is -0.128. The molecular weight excluding hydrogens is 506 g/mol. The van der Waals surface area contributed by atoms with Crippen molar-refractivity contribution in [2.24, 2.45) is 0 Å². The molecule has 3 aromatic rings. The topological polar surface area (TPSA) is 86.8 Å². The zero-order chi connectivity index (χ0) is 25.8. The minimum Gasteiger partial charge on any atom is -0.326 e. The van der Waals surface area contributed by atoms with Crippen LogP contribution in [0.2, 0.25) is 0 Å². The number of carbonyl (C=O) groups excluding carboxylic acids is 2. The summed E-state index contributed by atoms with van der Waals surface area (Å²) in [5.74, 6) is 0.297. The molecule has 0 spiro atoms. The number of hydrogen-bond donors (Lipinski definition) is 1. The second-order valence-corrected chi connectivity index (χ2v) is 12.2. The standard InChI is InChI=1S/C28H29N3O4S2/c32-26-20-36-28(31(26)19-16-21-6-2-1-3-7-21)23-10-8-22(9-11-23)27(33)29-24-12-14-25(15-13-24)37(34,35)30-17-4-5-18-30/h1-3,6-15,28H,4-5,16-20H2,(H,29,33)/t28-/m0/s1. The lowest BCUT2D eigenvalue weighted by atomic mass is 10.1. The summed E-state index contributed by atoms with van der Waals surface area (Å²) in [6.45, 7) is 1.75. The first kappa shape index (κ1) is 25.5. The third-order valence-corrected chi connectivity index (χ3v) is 9.89. The molecule has 1 N–H and O–H groups in total. The van der Waals surface area contributed by atoms with E-state index < -0.39 is 10.0 Å². The average Bonchev–Trinajstić information content (AvgIpc) is 3.59. The molecule has 0 unspecified atom stereocenters. The van der Waals surface area contributed by atoms with Crippen LogP contribution in [0.15, 0.2) is 83.8 Å². The van der Waals surface area contributed by atoms with E-state index in [0.29, 0.717) is 36.6 Å². The predicted molar refractivity (Wildman–Crippen MR) is 146 cm³/mol. The molecule has 0 saturated carbocycles. The molecule has 0 aliphatic carbocycles. The average molecular weight is 536 g/mol. The third-order valence-electron chi connectivity index (χ3n) is 6.73. The molecule has 2 fully saturated rings. The maximum atomic E-state index is 12.8. The van der Waals surface area contributed by atoms with E-state index in [-0.39, 0.29) is 22.1 Å². The normalized spacial score (nSPS) is 18.3. The van der Waals surface area contributed by atoms with Crippen LogP contribution < -0.4 is 5.32 Å². The van der Waals surface area contributed by atoms with Gasteiger partial charge in [0, 0.05) is 30.9 Å². The van der Waals surface area contributed by atoms with Crippen molar-refractivity contribution in [3.05, 3.63) is 95.6 Å². The molecule has 0 bridgehead atoms. The Morgan fingerprint density at radius 3 is 2.27 bits per heavy atom. The second kappa shape index (κ2) is 11.1. The van der Waals surface area contributed by atoms with Crippen molar-refractivity contribution in [1.29, 1.82) is 0 Å². The highest BCUT2D eigenvalue weighted by Crippen LogP contribution is 2.38. The van der Waals surface area contributed by atoms with Gasteiger partial charge in [-0.3, -0.25) is 9.59 Å². The van der Waals surface area contributed by atoms with Gasteiger partial charge in [-0.2, -0.15) is 4.31 Å². The maximum absolute atomic E-state index is 12.8. The van der Waals surface area contributed by atoms with Gasteiger partial charge in [-0.05, 0) is 66.8 Å². The van der Waals surface area contributed by atoms with Gasteiger partial charge < -0.3 is 10.2 Å². The molecule has 192 valence electrons. The quantitative estimate of drug-likeness (QED) is 0.458. The molecule has 2 saturated heterocycles. The summed E-state index contributed by atoms with van der Waals surface area (Å²) in [4.78, 5) is 27.5. The molecule has 37 heavy (non-hydrogen) atoms. The van der Waals surface area contributed by atoms with Crippen LogP contribution in [0, 0.1) is 0 Å². The van der Waals surface area contributed by atoms with Crippen LogP contribution in [-0.4, -0.2) is 54.8 Å². The molecule has 5 rings (SSSR count). The number of amides is 2. The Morgan fingerprint density at radius 2 is 1.59 bits per heavy atom. The first-order valence-corrected chi connectivity index (χ1v) is 14.9. The van der Waals surface area contributed by atoms with Crippen LogP contribution in [0.5, 0.6) is 0 Å². The highest BCUT2D eigenvalue weighted by Gasteiger charge is 2.32. The molecule has 0 radical (unpaired) electrons. The number of nitrogens with one attached hydrogen (secondary N) is 1. The fourth-order valence-corrected chi connectivity index (χ4v) is 7.39. The Balaban J connectivity index is 1.21. The van der Waals surface area contributed by atoms with Crippen LogP contribution in [0.4, 0.5) is 5.69 Å². The van der Waals surface area contributed by atoms with Crippen LogP contribution in [0.3, 0.4) is 0 Å². The van der Waals surface area contributed by atoms with Crippen LogP contribution in [-0.2, 0) is 21.2 Å². The number of benzene rings is 3. The van der Waals surface area contributed by atoms with Gasteiger partial charge in [0.05, 0.1) is 10.6 Å². The molecular formula is C28H29N3O4S2. The first-order valence-electron chi connectivity index (χ1n) is 12.4. The lowest BCUT2D eigenvalue weighted by Crippen LogP contribution is -2.30. The monoisotopic (exact) mass is 535 g/mol. The van der Waals surface area contributed by atoms with E-state index in [4.69, 9.17) is 0 Å². The number of rotatable bonds is 8. The number of carbonyl (C=O) groups is 2. The molecule has 2 heterocycles. The number of sulfonamides is 1. The van der Waals surface area contributed by atoms with Crippen LogP contribution in [0.25, 0.3) is 0 Å². The number of anilines is 1. The third kappa shape index (κ3) is 5.74. The van der Waals surface area contributed by atoms with Crippen LogP contribution in [0.1, 0.15) is 39.7 Å². The van der Waals surface area contributed by atoms with Gasteiger partial charge in [-0.15, -0.1) is 11.8 Å². The summed E-state index contributed by atoms with van der Waals surface area (Å²) < 4.78 is 26.9. The highest BCUT2D eigenvalue weighted by molar-refractivity contribution is 8.00. The summed E-state index contributed by atoms with van der Waals surface area (Å²) in [6.07, 6.45) is 2.56. The zero-order valence-electron chi connectivity index (χ0n) is 20.4. The number of thioether (sulfide) groups is 1. The van der Waals surface area contributed by atoms with Gasteiger partial charge in [0.25, 0.3) is 5.91 Å². The lowest BCUT2D eigenvalue weighted by Gasteiger charge is -2.24. The van der Waals surface area contributed by atoms with E-state index in [2.05, 4.69) is 17.4 Å². The fraction of sp³-hybridized carbons (Fsp3) is 0.286. The summed E-state index contributed by atoms with van der Waals surface area (Å²) in [5, 5.41) is 2.76. The summed E-state index contributed by atoms with van der Waals surface area (Å²) in [6, 6.07) is 23.7. The first-order chi connectivity index (χ1) is 17.9. The van der Waals surface area contributed by atoms with Gasteiger partial charge in [0.15, 0.2) is 0 Å². The Kier molecular flexibility index (Phi) is 7.64. The molecule has 2 amide bonds. The number of nitrogens with zero attached hydrogens (tertiary/aromatic N) is 2. The van der Waals surface area contributed by atoms with Crippen molar-refractivity contribution < 1.29 is 18.0 Å². The van der Waals surface area contributed by atoms with Gasteiger partial charge >= 0.3 is 0 Å². The minimum absolute atomic E-state index is 0.0709. The zero-order valence-corrected chi connectivity index (χ0v) is 22.0. The van der Waals surface area contributed by atoms with E-state index in [1.54, 1.807) is 36.0 Å². The largest absolute Gasteiger partial charge is 0.326 e. The molecule has 1 atom stereocenters. The van der Waals surface area contributed by atoms with Gasteiger partial charge in [-0.1, -0.05) is 42.5 Å². The highest BCUT2D eigenvalue weighted by atomic mass is 32.2. The van der Waals surface area contributed by atoms with E-state index in [1.807, 2.05) is 35.2 Å². The van der Waals surface area contributed by atoms with Crippen molar-refractivity contribution >= 4 is 39.3 Å². The Bertz CT molecular complexity index is 1350. The Morgan fingerprint density at radius 1 is 0.919 bits per heavy atom. The Hall–Kier alpha value is -3.14. The summed E-state index contributed by atoms with van der Waals surface area (Å²) >= 11 is 1.60. The second-order valence-electron chi connectivity index (χ2n) is 9.20. The molecule has 9 heteroatoms. The van der Waals surface area contributed by atoms with Crippen LogP contribution >= 0.6 is 11.8 Å². The SMILES string of the molecule is O=C(Nc1ccc(S(=O)(=O)N2CCCC2)cc1)c1ccc([C@@H]2SCC(=O)N2CCc2ccccc2)cc1. The predicted octanol–water partition coefficient (Wildman–Crippen LogP) is 4.54. The van der Waals surface area contributed by atoms with Gasteiger partial charge in [0.1, 0.15) is 5.37 Å². The molecule has 3 aromatic carbocycles. The van der Waals surface area contributed by atoms with Crippen molar-refractivity contribution in [3.63, 3.8) is 0 Å². The van der Waals surface area contributed by atoms with E-state index in [9.17, 15) is 18.0 Å². The minimum atomic E-state index is -3.49. The smallest absolute Gasteiger partial charge is 0.255 e. The summed E-state index contributed by atoms with van der Waals surface area (Å²) in [7, 11) is -3.49. The van der Waals surface area contributed by atoms with E-state index >= 15 is 0 Å². The van der Waals surface area contributed by atoms with E-state index in [1.165, 1.54) is 22.0 Å². The van der Waals surface area contributed by atoms with Gasteiger partial charge in [0.2, 0.25) is 15.9 Å². The van der Waals surface area contributed by atoms with E-state index in [0.717, 1.165) is 24.8 Å². The summed E-state index contributed by atoms with van der Waals surface area (Å²) in [5.41, 5.74) is 3.19. The van der Waals surface area contributed by atoms with Crippen molar-refractivity contribution in [2.75, 3.05) is 30.7 Å². The molecule has 2 aliphatic heterocycles. The Labute approximate surface area is 221 Å². The maximum Gasteiger partial charge on any atom is 0.255 e. The van der Waals surface area contributed by atoms with Crippen molar-refractivity contribution in [1.82, 2.24) is 9.21 Å². The van der Waals surface area contributed by atoms with Crippen molar-refractivity contribution in [3.8, 4) is 0 Å². The molecule has 2 aliphatic rings.